The van der Waals surface area contributed by atoms with Crippen molar-refractivity contribution in [3.8, 4) is 0 Å². The van der Waals surface area contributed by atoms with E-state index >= 15 is 0 Å². The van der Waals surface area contributed by atoms with Gasteiger partial charge in [0, 0.05) is 44.9 Å². The van der Waals surface area contributed by atoms with Gasteiger partial charge in [-0.1, -0.05) is 6.08 Å². The van der Waals surface area contributed by atoms with Crippen molar-refractivity contribution in [2.24, 2.45) is 5.92 Å². The molecule has 0 bridgehead atoms. The molecule has 0 radical (unpaired) electrons. The van der Waals surface area contributed by atoms with Crippen LogP contribution < -0.4 is 15.5 Å². The molecule has 2 rings (SSSR count). The number of rotatable bonds is 5. The molecule has 2 heterocycles. The lowest BCUT2D eigenvalue weighted by atomic mass is 9.96. The Morgan fingerprint density at radius 2 is 2.00 bits per heavy atom. The number of anilines is 1. The molecule has 1 aromatic heterocycles. The van der Waals surface area contributed by atoms with Crippen molar-refractivity contribution in [1.82, 2.24) is 15.6 Å². The third-order valence-corrected chi connectivity index (χ3v) is 4.17. The van der Waals surface area contributed by atoms with Crippen LogP contribution >= 0.6 is 0 Å². The SMILES string of the molecule is CNC(=O)/C=C/CNC(=O)C1CCN(c2ccc(C(F)(F)F)cn2)CC1. The molecule has 142 valence electrons. The van der Waals surface area contributed by atoms with Gasteiger partial charge in [0.05, 0.1) is 5.56 Å². The zero-order chi connectivity index (χ0) is 19.2. The molecule has 6 nitrogen and oxygen atoms in total. The number of aromatic nitrogens is 1. The third-order valence-electron chi connectivity index (χ3n) is 4.17. The number of piperidine rings is 1. The molecule has 26 heavy (non-hydrogen) atoms. The van der Waals surface area contributed by atoms with Crippen molar-refractivity contribution in [1.29, 1.82) is 0 Å². The van der Waals surface area contributed by atoms with Gasteiger partial charge in [-0.05, 0) is 25.0 Å². The van der Waals surface area contributed by atoms with Crippen molar-refractivity contribution in [2.45, 2.75) is 19.0 Å². The highest BCUT2D eigenvalue weighted by molar-refractivity contribution is 5.87. The van der Waals surface area contributed by atoms with E-state index in [0.29, 0.717) is 31.7 Å². The van der Waals surface area contributed by atoms with Gasteiger partial charge >= 0.3 is 6.18 Å². The molecule has 2 amide bonds. The van der Waals surface area contributed by atoms with Gasteiger partial charge in [-0.15, -0.1) is 0 Å². The fraction of sp³-hybridized carbons (Fsp3) is 0.471. The number of pyridine rings is 1. The summed E-state index contributed by atoms with van der Waals surface area (Å²) in [6.45, 7) is 1.36. The van der Waals surface area contributed by atoms with Crippen LogP contribution in [0.5, 0.6) is 0 Å². The highest BCUT2D eigenvalue weighted by atomic mass is 19.4. The maximum Gasteiger partial charge on any atom is 0.417 e. The number of hydrogen-bond acceptors (Lipinski definition) is 4. The van der Waals surface area contributed by atoms with E-state index < -0.39 is 11.7 Å². The first-order valence-electron chi connectivity index (χ1n) is 8.25. The summed E-state index contributed by atoms with van der Waals surface area (Å²) >= 11 is 0. The second-order valence-electron chi connectivity index (χ2n) is 5.93. The number of alkyl halides is 3. The largest absolute Gasteiger partial charge is 0.417 e. The van der Waals surface area contributed by atoms with Gasteiger partial charge in [-0.25, -0.2) is 4.98 Å². The monoisotopic (exact) mass is 370 g/mol. The summed E-state index contributed by atoms with van der Waals surface area (Å²) in [6, 6.07) is 2.37. The molecule has 0 aromatic carbocycles. The Morgan fingerprint density at radius 1 is 1.31 bits per heavy atom. The summed E-state index contributed by atoms with van der Waals surface area (Å²) in [7, 11) is 1.52. The molecule has 0 spiro atoms. The average molecular weight is 370 g/mol. The lowest BCUT2D eigenvalue weighted by Crippen LogP contribution is -2.41. The number of likely N-dealkylation sites (N-methyl/N-ethyl adjacent to an activating group) is 1. The normalized spacial score (nSPS) is 15.9. The predicted octanol–water partition coefficient (Wildman–Crippen LogP) is 1.74. The van der Waals surface area contributed by atoms with Crippen LogP contribution in [-0.4, -0.2) is 43.5 Å². The van der Waals surface area contributed by atoms with Crippen LogP contribution in [0.1, 0.15) is 18.4 Å². The second-order valence-corrected chi connectivity index (χ2v) is 5.93. The summed E-state index contributed by atoms with van der Waals surface area (Å²) in [5.74, 6) is -0.0114. The van der Waals surface area contributed by atoms with E-state index in [1.165, 1.54) is 19.2 Å². The summed E-state index contributed by atoms with van der Waals surface area (Å²) in [5, 5.41) is 5.18. The number of carbonyl (C=O) groups is 2. The first kappa shape index (κ1) is 19.7. The van der Waals surface area contributed by atoms with Crippen molar-refractivity contribution >= 4 is 17.6 Å². The van der Waals surface area contributed by atoms with E-state index in [2.05, 4.69) is 15.6 Å². The van der Waals surface area contributed by atoms with Gasteiger partial charge in [0.15, 0.2) is 0 Å². The van der Waals surface area contributed by atoms with Crippen LogP contribution in [0.4, 0.5) is 19.0 Å². The fourth-order valence-corrected chi connectivity index (χ4v) is 2.66. The molecule has 1 aliphatic rings. The van der Waals surface area contributed by atoms with Gasteiger partial charge in [-0.3, -0.25) is 9.59 Å². The molecule has 0 unspecified atom stereocenters. The number of carbonyl (C=O) groups excluding carboxylic acids is 2. The summed E-state index contributed by atoms with van der Waals surface area (Å²) in [5.41, 5.74) is -0.777. The van der Waals surface area contributed by atoms with Crippen LogP contribution in [0, 0.1) is 5.92 Å². The van der Waals surface area contributed by atoms with Crippen molar-refractivity contribution in [3.05, 3.63) is 36.0 Å². The number of nitrogens with one attached hydrogen (secondary N) is 2. The molecule has 1 fully saturated rings. The maximum absolute atomic E-state index is 12.6. The minimum atomic E-state index is -4.40. The van der Waals surface area contributed by atoms with E-state index in [0.717, 1.165) is 12.3 Å². The lowest BCUT2D eigenvalue weighted by Gasteiger charge is -2.32. The quantitative estimate of drug-likeness (QED) is 0.775. The Morgan fingerprint density at radius 3 is 2.54 bits per heavy atom. The van der Waals surface area contributed by atoms with Crippen LogP contribution in [-0.2, 0) is 15.8 Å². The Hall–Kier alpha value is -2.58. The lowest BCUT2D eigenvalue weighted by molar-refractivity contribution is -0.137. The number of nitrogens with zero attached hydrogens (tertiary/aromatic N) is 2. The highest BCUT2D eigenvalue weighted by Gasteiger charge is 2.31. The minimum Gasteiger partial charge on any atom is -0.357 e. The van der Waals surface area contributed by atoms with Gasteiger partial charge in [0.1, 0.15) is 5.82 Å². The van der Waals surface area contributed by atoms with Crippen LogP contribution in [0.25, 0.3) is 0 Å². The average Bonchev–Trinajstić information content (AvgIpc) is 2.64. The summed E-state index contributed by atoms with van der Waals surface area (Å²) in [6.07, 6.45) is 0.522. The summed E-state index contributed by atoms with van der Waals surface area (Å²) < 4.78 is 37.7. The molecule has 1 saturated heterocycles. The van der Waals surface area contributed by atoms with Crippen LogP contribution in [0.15, 0.2) is 30.5 Å². The van der Waals surface area contributed by atoms with E-state index in [1.54, 1.807) is 6.08 Å². The molecule has 0 aliphatic carbocycles. The van der Waals surface area contributed by atoms with Crippen molar-refractivity contribution in [2.75, 3.05) is 31.6 Å². The smallest absolute Gasteiger partial charge is 0.357 e. The Labute approximate surface area is 149 Å². The fourth-order valence-electron chi connectivity index (χ4n) is 2.66. The molecule has 0 saturated carbocycles. The number of amides is 2. The Bertz CT molecular complexity index is 651. The van der Waals surface area contributed by atoms with Gasteiger partial charge < -0.3 is 15.5 Å². The zero-order valence-corrected chi connectivity index (χ0v) is 14.3. The zero-order valence-electron chi connectivity index (χ0n) is 14.3. The summed E-state index contributed by atoms with van der Waals surface area (Å²) in [4.78, 5) is 28.9. The third kappa shape index (κ3) is 5.47. The molecule has 1 aromatic rings. The van der Waals surface area contributed by atoms with Gasteiger partial charge in [0.25, 0.3) is 0 Å². The number of hydrogen-bond donors (Lipinski definition) is 2. The van der Waals surface area contributed by atoms with Crippen molar-refractivity contribution < 1.29 is 22.8 Å². The van der Waals surface area contributed by atoms with Crippen molar-refractivity contribution in [3.63, 3.8) is 0 Å². The predicted molar refractivity (Wildman–Crippen MR) is 90.4 cm³/mol. The minimum absolute atomic E-state index is 0.0911. The maximum atomic E-state index is 12.6. The molecular weight excluding hydrogens is 349 g/mol. The number of halogens is 3. The Kier molecular flexibility index (Phi) is 6.59. The van der Waals surface area contributed by atoms with Crippen LogP contribution in [0.2, 0.25) is 0 Å². The van der Waals surface area contributed by atoms with E-state index in [-0.39, 0.29) is 24.3 Å². The standard InChI is InChI=1S/C17H21F3N4O2/c1-21-15(25)3-2-8-22-16(26)12-6-9-24(10-7-12)14-5-4-13(11-23-14)17(18,19)20/h2-5,11-12H,6-10H2,1H3,(H,21,25)(H,22,26)/b3-2+. The first-order chi connectivity index (χ1) is 12.3. The first-order valence-corrected chi connectivity index (χ1v) is 8.25. The van der Waals surface area contributed by atoms with Crippen LogP contribution in [0.3, 0.4) is 0 Å². The van der Waals surface area contributed by atoms with E-state index in [9.17, 15) is 22.8 Å². The highest BCUT2D eigenvalue weighted by Crippen LogP contribution is 2.30. The van der Waals surface area contributed by atoms with E-state index in [4.69, 9.17) is 0 Å². The molecule has 0 atom stereocenters. The second kappa shape index (κ2) is 8.68. The Balaban J connectivity index is 1.80. The van der Waals surface area contributed by atoms with E-state index in [1.807, 2.05) is 4.90 Å². The van der Waals surface area contributed by atoms with Gasteiger partial charge in [0.2, 0.25) is 11.8 Å². The molecule has 9 heteroatoms. The molecule has 1 aliphatic heterocycles. The van der Waals surface area contributed by atoms with Gasteiger partial charge in [-0.2, -0.15) is 13.2 Å². The molecule has 2 N–H and O–H groups in total. The topological polar surface area (TPSA) is 74.3 Å². The molecular formula is C17H21F3N4O2.